The minimum atomic E-state index is -1.51. The Morgan fingerprint density at radius 2 is 2.13 bits per heavy atom. The van der Waals surface area contributed by atoms with Crippen LogP contribution in [0.2, 0.25) is 0 Å². The van der Waals surface area contributed by atoms with E-state index in [1.165, 1.54) is 7.11 Å². The molecule has 5 aliphatic rings. The molecule has 0 unspecified atom stereocenters. The van der Waals surface area contributed by atoms with Crippen molar-refractivity contribution in [3.05, 3.63) is 12.2 Å². The number of esters is 2. The van der Waals surface area contributed by atoms with Gasteiger partial charge < -0.3 is 24.4 Å². The Morgan fingerprint density at radius 3 is 2.70 bits per heavy atom. The summed E-state index contributed by atoms with van der Waals surface area (Å²) < 4.78 is 15.9. The van der Waals surface area contributed by atoms with Crippen molar-refractivity contribution in [3.8, 4) is 0 Å². The number of hydrogen-bond acceptors (Lipinski definition) is 7. The average Bonchev–Trinajstić information content (AvgIpc) is 3.15. The number of fused-ring (bicyclic) bond motifs is 3. The second-order valence-corrected chi connectivity index (χ2v) is 7.36. The van der Waals surface area contributed by atoms with Gasteiger partial charge in [-0.2, -0.15) is 0 Å². The molecule has 2 saturated carbocycles. The van der Waals surface area contributed by atoms with Gasteiger partial charge in [0.05, 0.1) is 30.1 Å². The molecule has 5 fully saturated rings. The molecule has 0 aromatic rings. The van der Waals surface area contributed by atoms with E-state index >= 15 is 0 Å². The molecule has 0 aromatic carbocycles. The molecule has 3 aliphatic heterocycles. The normalized spacial score (nSPS) is 55.7. The molecule has 2 bridgehead atoms. The Kier molecular flexibility index (Phi) is 2.60. The van der Waals surface area contributed by atoms with E-state index in [0.717, 1.165) is 0 Å². The summed E-state index contributed by atoms with van der Waals surface area (Å²) in [6.45, 7) is 7.20. The lowest BCUT2D eigenvalue weighted by Gasteiger charge is -2.62. The predicted molar refractivity (Wildman–Crippen MR) is 75.0 cm³/mol. The Balaban J connectivity index is 1.91. The van der Waals surface area contributed by atoms with Gasteiger partial charge in [0.25, 0.3) is 0 Å². The summed E-state index contributed by atoms with van der Waals surface area (Å²) in [5, 5.41) is 22.2. The minimum absolute atomic E-state index is 0.130. The number of hydrogen-bond donors (Lipinski definition) is 2. The molecule has 3 heterocycles. The van der Waals surface area contributed by atoms with E-state index in [9.17, 15) is 19.8 Å². The molecule has 0 radical (unpaired) electrons. The standard InChI is InChI=1S/C16H20O7/c1-6(2)8-9-12(18)22-11(10(8)17)14(3)15(9,20)5-7-16(14,23-7)13(19)21-4/h7-11,17,20H,1,5H2,2-4H3/t7-,8+,9+,10-,11+,14-,15-,16+/m1/s1. The fourth-order valence-electron chi connectivity index (χ4n) is 5.43. The second kappa shape index (κ2) is 3.96. The summed E-state index contributed by atoms with van der Waals surface area (Å²) in [4.78, 5) is 24.7. The molecule has 0 spiro atoms. The molecule has 7 heteroatoms. The topological polar surface area (TPSA) is 106 Å². The summed E-state index contributed by atoms with van der Waals surface area (Å²) in [5.41, 5.74) is -3.54. The summed E-state index contributed by atoms with van der Waals surface area (Å²) in [5.74, 6) is -2.74. The van der Waals surface area contributed by atoms with Crippen LogP contribution in [0.25, 0.3) is 0 Å². The maximum absolute atomic E-state index is 12.4. The number of carbonyl (C=O) groups excluding carboxylic acids is 2. The van der Waals surface area contributed by atoms with E-state index in [2.05, 4.69) is 6.58 Å². The summed E-state index contributed by atoms with van der Waals surface area (Å²) in [6, 6.07) is 0. The summed E-state index contributed by atoms with van der Waals surface area (Å²) >= 11 is 0. The van der Waals surface area contributed by atoms with Crippen molar-refractivity contribution < 1.29 is 34.0 Å². The zero-order valence-electron chi connectivity index (χ0n) is 13.2. The zero-order valence-corrected chi connectivity index (χ0v) is 13.2. The van der Waals surface area contributed by atoms with Gasteiger partial charge in [-0.25, -0.2) is 4.79 Å². The van der Waals surface area contributed by atoms with Crippen LogP contribution in [0, 0.1) is 17.3 Å². The molecule has 126 valence electrons. The van der Waals surface area contributed by atoms with E-state index in [1.807, 2.05) is 0 Å². The highest BCUT2D eigenvalue weighted by molar-refractivity contribution is 5.89. The highest BCUT2D eigenvalue weighted by atomic mass is 16.7. The predicted octanol–water partition coefficient (Wildman–Crippen LogP) is -0.454. The van der Waals surface area contributed by atoms with Gasteiger partial charge in [0.1, 0.15) is 12.2 Å². The fourth-order valence-corrected chi connectivity index (χ4v) is 5.43. The van der Waals surface area contributed by atoms with E-state index in [0.29, 0.717) is 5.57 Å². The number of ether oxygens (including phenoxy) is 3. The van der Waals surface area contributed by atoms with Crippen LogP contribution in [0.3, 0.4) is 0 Å². The first-order valence-electron chi connectivity index (χ1n) is 7.69. The molecule has 0 amide bonds. The second-order valence-electron chi connectivity index (χ2n) is 7.36. The molecule has 2 N–H and O–H groups in total. The molecule has 8 atom stereocenters. The van der Waals surface area contributed by atoms with Gasteiger partial charge in [0, 0.05) is 12.3 Å². The number of aliphatic hydroxyl groups is 2. The quantitative estimate of drug-likeness (QED) is 0.402. The smallest absolute Gasteiger partial charge is 0.341 e. The fraction of sp³-hybridized carbons (Fsp3) is 0.750. The number of aliphatic hydroxyl groups excluding tert-OH is 1. The Hall–Kier alpha value is -1.44. The highest BCUT2D eigenvalue weighted by Gasteiger charge is 2.92. The number of rotatable bonds is 2. The monoisotopic (exact) mass is 324 g/mol. The largest absolute Gasteiger partial charge is 0.467 e. The van der Waals surface area contributed by atoms with Crippen LogP contribution in [0.1, 0.15) is 20.3 Å². The van der Waals surface area contributed by atoms with Crippen molar-refractivity contribution in [3.63, 3.8) is 0 Å². The minimum Gasteiger partial charge on any atom is -0.467 e. The van der Waals surface area contributed by atoms with E-state index in [-0.39, 0.29) is 6.42 Å². The number of epoxide rings is 1. The van der Waals surface area contributed by atoms with Gasteiger partial charge in [-0.05, 0) is 13.8 Å². The van der Waals surface area contributed by atoms with Gasteiger partial charge in [-0.15, -0.1) is 0 Å². The van der Waals surface area contributed by atoms with E-state index in [4.69, 9.17) is 14.2 Å². The van der Waals surface area contributed by atoms with Crippen molar-refractivity contribution in [2.24, 2.45) is 17.3 Å². The van der Waals surface area contributed by atoms with Crippen molar-refractivity contribution in [1.29, 1.82) is 0 Å². The first-order valence-corrected chi connectivity index (χ1v) is 7.69. The zero-order chi connectivity index (χ0) is 16.9. The number of methoxy groups -OCH3 is 1. The van der Waals surface area contributed by atoms with Crippen molar-refractivity contribution in [1.82, 2.24) is 0 Å². The molecule has 3 saturated heterocycles. The van der Waals surface area contributed by atoms with Gasteiger partial charge in [0.15, 0.2) is 0 Å². The molecule has 0 aromatic heterocycles. The third-order valence-corrected chi connectivity index (χ3v) is 6.57. The third kappa shape index (κ3) is 1.27. The lowest BCUT2D eigenvalue weighted by Crippen LogP contribution is -2.77. The van der Waals surface area contributed by atoms with Crippen molar-refractivity contribution in [2.75, 3.05) is 7.11 Å². The van der Waals surface area contributed by atoms with Crippen LogP contribution in [0.4, 0.5) is 0 Å². The van der Waals surface area contributed by atoms with Crippen LogP contribution in [0.15, 0.2) is 12.2 Å². The molecule has 2 aliphatic carbocycles. The van der Waals surface area contributed by atoms with Gasteiger partial charge >= 0.3 is 11.9 Å². The van der Waals surface area contributed by atoms with Crippen LogP contribution in [-0.2, 0) is 23.8 Å². The maximum atomic E-state index is 12.4. The van der Waals surface area contributed by atoms with Crippen LogP contribution in [0.5, 0.6) is 0 Å². The Labute approximate surface area is 133 Å². The molecule has 7 nitrogen and oxygen atoms in total. The van der Waals surface area contributed by atoms with Crippen LogP contribution >= 0.6 is 0 Å². The Bertz CT molecular complexity index is 644. The molecular formula is C16H20O7. The Morgan fingerprint density at radius 1 is 1.48 bits per heavy atom. The first-order chi connectivity index (χ1) is 10.7. The maximum Gasteiger partial charge on any atom is 0.341 e. The SMILES string of the molecule is C=C(C)[C@@H]1[C@@H](O)[C@@H]2OC(=O)[C@H]1[C@]1(O)C[C@H]3O[C@@]3(C(=O)OC)[C@]21C. The average molecular weight is 324 g/mol. The van der Waals surface area contributed by atoms with E-state index < -0.39 is 58.7 Å². The van der Waals surface area contributed by atoms with Gasteiger partial charge in [-0.3, -0.25) is 4.79 Å². The van der Waals surface area contributed by atoms with Crippen molar-refractivity contribution >= 4 is 11.9 Å². The van der Waals surface area contributed by atoms with E-state index in [1.54, 1.807) is 13.8 Å². The molecule has 5 rings (SSSR count). The van der Waals surface area contributed by atoms with Gasteiger partial charge in [-0.1, -0.05) is 12.2 Å². The molecule has 23 heavy (non-hydrogen) atoms. The first kappa shape index (κ1) is 15.1. The van der Waals surface area contributed by atoms with Crippen LogP contribution in [-0.4, -0.2) is 58.8 Å². The summed E-state index contributed by atoms with van der Waals surface area (Å²) in [7, 11) is 1.25. The third-order valence-electron chi connectivity index (χ3n) is 6.57. The molecular weight excluding hydrogens is 304 g/mol. The lowest BCUT2D eigenvalue weighted by molar-refractivity contribution is -0.301. The number of carbonyl (C=O) groups is 2. The lowest BCUT2D eigenvalue weighted by atomic mass is 9.49. The van der Waals surface area contributed by atoms with Gasteiger partial charge in [0.2, 0.25) is 5.60 Å². The highest BCUT2D eigenvalue weighted by Crippen LogP contribution is 2.74. The van der Waals surface area contributed by atoms with Crippen molar-refractivity contribution in [2.45, 2.75) is 49.8 Å². The van der Waals surface area contributed by atoms with Crippen LogP contribution < -0.4 is 0 Å². The summed E-state index contributed by atoms with van der Waals surface area (Å²) in [6.07, 6.45) is -2.52.